The highest BCUT2D eigenvalue weighted by atomic mass is 32.1. The summed E-state index contributed by atoms with van der Waals surface area (Å²) in [5, 5.41) is 12.3. The number of furan rings is 1. The van der Waals surface area contributed by atoms with Crippen molar-refractivity contribution in [2.45, 2.75) is 19.3 Å². The van der Waals surface area contributed by atoms with Gasteiger partial charge < -0.3 is 4.42 Å². The van der Waals surface area contributed by atoms with E-state index in [2.05, 4.69) is 172 Å². The fourth-order valence-corrected chi connectivity index (χ4v) is 10.7. The summed E-state index contributed by atoms with van der Waals surface area (Å²) in [4.78, 5) is 0. The van der Waals surface area contributed by atoms with Gasteiger partial charge in [0.2, 0.25) is 0 Å². The van der Waals surface area contributed by atoms with Gasteiger partial charge in [-0.2, -0.15) is 0 Å². The average molecular weight is 693 g/mol. The molecule has 2 heteroatoms. The molecule has 1 aliphatic rings. The number of hydrogen-bond donors (Lipinski definition) is 0. The van der Waals surface area contributed by atoms with E-state index in [-0.39, 0.29) is 5.41 Å². The number of thiophene rings is 1. The Hall–Kier alpha value is -6.22. The monoisotopic (exact) mass is 692 g/mol. The Bertz CT molecular complexity index is 3320. The average Bonchev–Trinajstić information content (AvgIpc) is 3.82. The van der Waals surface area contributed by atoms with Gasteiger partial charge in [0.15, 0.2) is 0 Å². The maximum absolute atomic E-state index is 6.69. The lowest BCUT2D eigenvalue weighted by atomic mass is 9.81. The van der Waals surface area contributed by atoms with E-state index in [4.69, 9.17) is 4.42 Å². The fraction of sp³-hybridized carbons (Fsp3) is 0.0588. The topological polar surface area (TPSA) is 13.1 Å². The third-order valence-electron chi connectivity index (χ3n) is 12.0. The van der Waals surface area contributed by atoms with E-state index < -0.39 is 0 Å². The number of fused-ring (bicyclic) bond motifs is 13. The van der Waals surface area contributed by atoms with Gasteiger partial charge in [0, 0.05) is 36.4 Å². The first-order chi connectivity index (χ1) is 26.0. The highest BCUT2D eigenvalue weighted by Gasteiger charge is 2.35. The third kappa shape index (κ3) is 3.96. The minimum atomic E-state index is -0.0193. The molecule has 0 unspecified atom stereocenters. The first-order valence-corrected chi connectivity index (χ1v) is 19.2. The highest BCUT2D eigenvalue weighted by molar-refractivity contribution is 7.26. The summed E-state index contributed by atoms with van der Waals surface area (Å²) in [5.41, 5.74) is 12.5. The molecule has 1 aliphatic carbocycles. The number of rotatable bonds is 2. The smallest absolute Gasteiger partial charge is 0.144 e. The fourth-order valence-electron chi connectivity index (χ4n) is 9.56. The molecule has 2 aromatic heterocycles. The second-order valence-corrected chi connectivity index (χ2v) is 16.3. The second-order valence-electron chi connectivity index (χ2n) is 15.2. The third-order valence-corrected chi connectivity index (χ3v) is 13.2. The van der Waals surface area contributed by atoms with E-state index in [9.17, 15) is 0 Å². The number of benzene rings is 9. The summed E-state index contributed by atoms with van der Waals surface area (Å²) in [6.45, 7) is 4.71. The van der Waals surface area contributed by atoms with Crippen molar-refractivity contribution in [3.63, 3.8) is 0 Å². The molecule has 0 radical (unpaired) electrons. The molecular formula is C51H32OS. The first-order valence-electron chi connectivity index (χ1n) is 18.4. The van der Waals surface area contributed by atoms with Crippen molar-refractivity contribution >= 4 is 85.8 Å². The quantitative estimate of drug-likeness (QED) is 0.164. The summed E-state index contributed by atoms with van der Waals surface area (Å²) in [5.74, 6) is 0. The number of hydrogen-bond acceptors (Lipinski definition) is 2. The van der Waals surface area contributed by atoms with Crippen LogP contribution in [0, 0.1) is 0 Å². The second kappa shape index (κ2) is 10.4. The van der Waals surface area contributed by atoms with Crippen LogP contribution < -0.4 is 0 Å². The Labute approximate surface area is 310 Å². The molecule has 0 amide bonds. The lowest BCUT2D eigenvalue weighted by Gasteiger charge is -2.22. The van der Waals surface area contributed by atoms with Gasteiger partial charge in [-0.3, -0.25) is 0 Å². The molecule has 0 N–H and O–H groups in total. The molecule has 1 nitrogen and oxygen atoms in total. The van der Waals surface area contributed by atoms with Crippen LogP contribution in [0.5, 0.6) is 0 Å². The molecular weight excluding hydrogens is 661 g/mol. The van der Waals surface area contributed by atoms with Crippen molar-refractivity contribution < 1.29 is 4.42 Å². The van der Waals surface area contributed by atoms with E-state index in [1.165, 1.54) is 108 Å². The molecule has 248 valence electrons. The van der Waals surface area contributed by atoms with E-state index in [1.54, 1.807) is 0 Å². The Morgan fingerprint density at radius 1 is 0.434 bits per heavy atom. The Morgan fingerprint density at radius 2 is 1.02 bits per heavy atom. The maximum Gasteiger partial charge on any atom is 0.144 e. The van der Waals surface area contributed by atoms with Crippen LogP contribution in [0.4, 0.5) is 0 Å². The van der Waals surface area contributed by atoms with E-state index in [0.717, 1.165) is 11.2 Å². The molecule has 12 rings (SSSR count). The van der Waals surface area contributed by atoms with Crippen LogP contribution in [0.3, 0.4) is 0 Å². The minimum absolute atomic E-state index is 0.0193. The van der Waals surface area contributed by atoms with Gasteiger partial charge in [0.25, 0.3) is 0 Å². The zero-order valence-corrected chi connectivity index (χ0v) is 30.1. The molecule has 0 saturated carbocycles. The lowest BCUT2D eigenvalue weighted by molar-refractivity contribution is 0.660. The standard InChI is InChI=1S/C51H32OS/c1-51(2)42-18-10-9-13-33(42)40-26-31(20-23-43(40)51)47-34-14-5-7-16-36(34)48(37-17-8-6-15-35(37)47)32-19-21-39-46(28-32)53-45-24-22-38-41-25-29-11-3-4-12-30(29)27-44(41)52-50(38)49(39)45/h3-28H,1-2H3. The van der Waals surface area contributed by atoms with Gasteiger partial charge in [-0.25, -0.2) is 0 Å². The van der Waals surface area contributed by atoms with E-state index in [0.29, 0.717) is 0 Å². The van der Waals surface area contributed by atoms with Crippen LogP contribution in [0.1, 0.15) is 25.0 Å². The Kier molecular flexibility index (Phi) is 5.78. The zero-order chi connectivity index (χ0) is 35.0. The van der Waals surface area contributed by atoms with Crippen molar-refractivity contribution in [2.24, 2.45) is 0 Å². The Morgan fingerprint density at radius 3 is 1.75 bits per heavy atom. The molecule has 0 aliphatic heterocycles. The summed E-state index contributed by atoms with van der Waals surface area (Å²) in [6, 6.07) is 58.7. The van der Waals surface area contributed by atoms with Gasteiger partial charge >= 0.3 is 0 Å². The van der Waals surface area contributed by atoms with Crippen LogP contribution in [0.15, 0.2) is 162 Å². The van der Waals surface area contributed by atoms with Crippen molar-refractivity contribution in [3.05, 3.63) is 169 Å². The van der Waals surface area contributed by atoms with Gasteiger partial charge in [-0.1, -0.05) is 135 Å². The molecule has 2 heterocycles. The highest BCUT2D eigenvalue weighted by Crippen LogP contribution is 2.52. The van der Waals surface area contributed by atoms with Gasteiger partial charge in [0.05, 0.1) is 0 Å². The minimum Gasteiger partial charge on any atom is -0.455 e. The summed E-state index contributed by atoms with van der Waals surface area (Å²) in [7, 11) is 0. The van der Waals surface area contributed by atoms with E-state index in [1.807, 2.05) is 11.3 Å². The van der Waals surface area contributed by atoms with Crippen LogP contribution in [-0.2, 0) is 5.41 Å². The predicted molar refractivity (Wildman–Crippen MR) is 228 cm³/mol. The molecule has 0 fully saturated rings. The van der Waals surface area contributed by atoms with Crippen LogP contribution in [0.2, 0.25) is 0 Å². The van der Waals surface area contributed by atoms with Gasteiger partial charge in [-0.05, 0) is 113 Å². The molecule has 0 saturated heterocycles. The van der Waals surface area contributed by atoms with Crippen LogP contribution in [0.25, 0.3) is 108 Å². The maximum atomic E-state index is 6.69. The SMILES string of the molecule is CC1(C)c2ccccc2-c2cc(-c3c4ccccc4c(-c4ccc5c(c4)sc4ccc6c7cc8ccccc8cc7oc6c45)c4ccccc34)ccc21. The molecule has 0 bridgehead atoms. The first kappa shape index (κ1) is 29.4. The summed E-state index contributed by atoms with van der Waals surface area (Å²) < 4.78 is 9.21. The van der Waals surface area contributed by atoms with E-state index >= 15 is 0 Å². The molecule has 0 spiro atoms. The predicted octanol–water partition coefficient (Wildman–Crippen LogP) is 15.1. The van der Waals surface area contributed by atoms with Crippen molar-refractivity contribution in [1.82, 2.24) is 0 Å². The van der Waals surface area contributed by atoms with Crippen molar-refractivity contribution in [3.8, 4) is 33.4 Å². The zero-order valence-electron chi connectivity index (χ0n) is 29.3. The lowest BCUT2D eigenvalue weighted by Crippen LogP contribution is -2.14. The molecule has 0 atom stereocenters. The molecule has 11 aromatic rings. The van der Waals surface area contributed by atoms with Crippen molar-refractivity contribution in [2.75, 3.05) is 0 Å². The summed E-state index contributed by atoms with van der Waals surface area (Å²) in [6.07, 6.45) is 0. The summed E-state index contributed by atoms with van der Waals surface area (Å²) >= 11 is 1.85. The molecule has 9 aromatic carbocycles. The van der Waals surface area contributed by atoms with Gasteiger partial charge in [-0.15, -0.1) is 11.3 Å². The van der Waals surface area contributed by atoms with Crippen LogP contribution in [-0.4, -0.2) is 0 Å². The van der Waals surface area contributed by atoms with Crippen molar-refractivity contribution in [1.29, 1.82) is 0 Å². The largest absolute Gasteiger partial charge is 0.455 e. The van der Waals surface area contributed by atoms with Crippen LogP contribution >= 0.6 is 11.3 Å². The molecule has 53 heavy (non-hydrogen) atoms. The Balaban J connectivity index is 1.08. The van der Waals surface area contributed by atoms with Gasteiger partial charge in [0.1, 0.15) is 11.2 Å². The normalized spacial score (nSPS) is 13.6.